The van der Waals surface area contributed by atoms with Crippen LogP contribution in [0.4, 0.5) is 0 Å². The fourth-order valence-corrected chi connectivity index (χ4v) is 4.15. The fourth-order valence-electron chi connectivity index (χ4n) is 1.87. The molecule has 0 bridgehead atoms. The standard InChI is InChI=1S/C18H38O3Si2/c1-17(2,3)22(7,8)20-14-16-15(12-11-13-19-16)21-23(9,10)18(4,5)6/h11-12,15-16H,13-14H2,1-10H3/t15?,16-/m1/s1. The van der Waals surface area contributed by atoms with Gasteiger partial charge in [-0.1, -0.05) is 53.7 Å². The van der Waals surface area contributed by atoms with Crippen molar-refractivity contribution in [3.8, 4) is 0 Å². The summed E-state index contributed by atoms with van der Waals surface area (Å²) in [6.45, 7) is 24.1. The Balaban J connectivity index is 2.77. The highest BCUT2D eigenvalue weighted by Gasteiger charge is 2.42. The third-order valence-electron chi connectivity index (χ3n) is 5.75. The average molecular weight is 359 g/mol. The van der Waals surface area contributed by atoms with Crippen LogP contribution in [0.2, 0.25) is 36.3 Å². The summed E-state index contributed by atoms with van der Waals surface area (Å²) < 4.78 is 18.9. The molecule has 5 heteroatoms. The van der Waals surface area contributed by atoms with Gasteiger partial charge in [-0.05, 0) is 36.3 Å². The molecule has 0 spiro atoms. The van der Waals surface area contributed by atoms with Crippen LogP contribution < -0.4 is 0 Å². The van der Waals surface area contributed by atoms with Gasteiger partial charge in [-0.25, -0.2) is 0 Å². The summed E-state index contributed by atoms with van der Waals surface area (Å²) in [7, 11) is -3.58. The zero-order chi connectivity index (χ0) is 18.1. The quantitative estimate of drug-likeness (QED) is 0.489. The first-order chi connectivity index (χ1) is 10.2. The van der Waals surface area contributed by atoms with Crippen molar-refractivity contribution >= 4 is 16.6 Å². The van der Waals surface area contributed by atoms with E-state index in [1.807, 2.05) is 0 Å². The average Bonchev–Trinajstić information content (AvgIpc) is 2.34. The van der Waals surface area contributed by atoms with Gasteiger partial charge in [0.1, 0.15) is 6.10 Å². The lowest BCUT2D eigenvalue weighted by atomic mass is 10.2. The fraction of sp³-hybridized carbons (Fsp3) is 0.889. The molecule has 0 saturated carbocycles. The first kappa shape index (κ1) is 21.1. The van der Waals surface area contributed by atoms with Crippen LogP contribution in [-0.2, 0) is 13.6 Å². The lowest BCUT2D eigenvalue weighted by Crippen LogP contribution is -2.50. The Bertz CT molecular complexity index is 417. The third kappa shape index (κ3) is 5.53. The Morgan fingerprint density at radius 1 is 0.957 bits per heavy atom. The van der Waals surface area contributed by atoms with Crippen molar-refractivity contribution in [2.45, 2.75) is 90.0 Å². The third-order valence-corrected chi connectivity index (χ3v) is 14.7. The van der Waals surface area contributed by atoms with Crippen molar-refractivity contribution < 1.29 is 13.6 Å². The van der Waals surface area contributed by atoms with Crippen LogP contribution in [0.3, 0.4) is 0 Å². The molecule has 0 saturated heterocycles. The van der Waals surface area contributed by atoms with E-state index in [2.05, 4.69) is 79.9 Å². The SMILES string of the molecule is CC(C)(C)[Si](C)(C)OC[C@H]1OCC=CC1O[Si](C)(C)C(C)(C)C. The zero-order valence-corrected chi connectivity index (χ0v) is 18.9. The molecule has 0 aromatic rings. The summed E-state index contributed by atoms with van der Waals surface area (Å²) in [6.07, 6.45) is 4.25. The molecule has 1 aliphatic rings. The number of hydrogen-bond acceptors (Lipinski definition) is 3. The molecule has 0 radical (unpaired) electrons. The van der Waals surface area contributed by atoms with Crippen LogP contribution in [0.5, 0.6) is 0 Å². The second kappa shape index (κ2) is 7.12. The molecule has 1 heterocycles. The highest BCUT2D eigenvalue weighted by molar-refractivity contribution is 6.74. The predicted octanol–water partition coefficient (Wildman–Crippen LogP) is 5.35. The van der Waals surface area contributed by atoms with Crippen LogP contribution in [0, 0.1) is 0 Å². The summed E-state index contributed by atoms with van der Waals surface area (Å²) in [4.78, 5) is 0. The second-order valence-electron chi connectivity index (χ2n) is 9.71. The summed E-state index contributed by atoms with van der Waals surface area (Å²) in [5, 5.41) is 0.413. The van der Waals surface area contributed by atoms with Gasteiger partial charge in [-0.15, -0.1) is 0 Å². The molecule has 0 fully saturated rings. The van der Waals surface area contributed by atoms with Crippen LogP contribution in [0.1, 0.15) is 41.5 Å². The summed E-state index contributed by atoms with van der Waals surface area (Å²) in [6, 6.07) is 0. The van der Waals surface area contributed by atoms with Crippen molar-refractivity contribution in [3.05, 3.63) is 12.2 Å². The van der Waals surface area contributed by atoms with E-state index in [0.717, 1.165) is 0 Å². The van der Waals surface area contributed by atoms with E-state index in [0.29, 0.717) is 13.2 Å². The number of ether oxygens (including phenoxy) is 1. The van der Waals surface area contributed by atoms with Crippen LogP contribution >= 0.6 is 0 Å². The van der Waals surface area contributed by atoms with Gasteiger partial charge in [0.2, 0.25) is 0 Å². The first-order valence-corrected chi connectivity index (χ1v) is 14.6. The lowest BCUT2D eigenvalue weighted by Gasteiger charge is -2.42. The minimum atomic E-state index is -1.82. The molecule has 1 rings (SSSR count). The van der Waals surface area contributed by atoms with E-state index in [1.54, 1.807) is 0 Å². The van der Waals surface area contributed by atoms with E-state index in [-0.39, 0.29) is 22.3 Å². The van der Waals surface area contributed by atoms with E-state index >= 15 is 0 Å². The predicted molar refractivity (Wildman–Crippen MR) is 104 cm³/mol. The molecular weight excluding hydrogens is 320 g/mol. The van der Waals surface area contributed by atoms with Gasteiger partial charge in [0.15, 0.2) is 16.6 Å². The summed E-state index contributed by atoms with van der Waals surface area (Å²) >= 11 is 0. The molecule has 2 atom stereocenters. The Morgan fingerprint density at radius 2 is 1.48 bits per heavy atom. The van der Waals surface area contributed by atoms with Gasteiger partial charge in [0.05, 0.1) is 19.3 Å². The van der Waals surface area contributed by atoms with Crippen LogP contribution in [0.25, 0.3) is 0 Å². The largest absolute Gasteiger partial charge is 0.414 e. The first-order valence-electron chi connectivity index (χ1n) is 8.77. The van der Waals surface area contributed by atoms with Gasteiger partial charge in [0, 0.05) is 0 Å². The molecule has 0 amide bonds. The van der Waals surface area contributed by atoms with Gasteiger partial charge in [-0.2, -0.15) is 0 Å². The Hall–Kier alpha value is 0.0538. The molecule has 136 valence electrons. The molecule has 0 aliphatic carbocycles. The number of rotatable bonds is 5. The smallest absolute Gasteiger partial charge is 0.193 e. The topological polar surface area (TPSA) is 27.7 Å². The van der Waals surface area contributed by atoms with E-state index in [9.17, 15) is 0 Å². The maximum Gasteiger partial charge on any atom is 0.193 e. The number of hydrogen-bond donors (Lipinski definition) is 0. The Labute approximate surface area is 146 Å². The second-order valence-corrected chi connectivity index (χ2v) is 19.3. The van der Waals surface area contributed by atoms with Gasteiger partial charge >= 0.3 is 0 Å². The molecule has 1 aliphatic heterocycles. The molecular formula is C18H38O3Si2. The van der Waals surface area contributed by atoms with E-state index in [4.69, 9.17) is 13.6 Å². The van der Waals surface area contributed by atoms with Crippen molar-refractivity contribution in [1.29, 1.82) is 0 Å². The summed E-state index contributed by atoms with van der Waals surface area (Å²) in [5.74, 6) is 0. The minimum Gasteiger partial charge on any atom is -0.414 e. The molecule has 0 N–H and O–H groups in total. The van der Waals surface area contributed by atoms with Crippen molar-refractivity contribution in [2.24, 2.45) is 0 Å². The zero-order valence-electron chi connectivity index (χ0n) is 16.9. The van der Waals surface area contributed by atoms with Gasteiger partial charge in [-0.3, -0.25) is 0 Å². The minimum absolute atomic E-state index is 0.00301. The van der Waals surface area contributed by atoms with Crippen LogP contribution in [0.15, 0.2) is 12.2 Å². The van der Waals surface area contributed by atoms with Crippen molar-refractivity contribution in [3.63, 3.8) is 0 Å². The molecule has 0 aromatic heterocycles. The molecule has 1 unspecified atom stereocenters. The Morgan fingerprint density at radius 3 is 1.96 bits per heavy atom. The maximum absolute atomic E-state index is 6.57. The molecule has 3 nitrogen and oxygen atoms in total. The Kier molecular flexibility index (Phi) is 6.53. The van der Waals surface area contributed by atoms with Crippen molar-refractivity contribution in [2.75, 3.05) is 13.2 Å². The van der Waals surface area contributed by atoms with Crippen LogP contribution in [-0.4, -0.2) is 42.1 Å². The normalized spacial score (nSPS) is 24.1. The van der Waals surface area contributed by atoms with Gasteiger partial charge < -0.3 is 13.6 Å². The monoisotopic (exact) mass is 358 g/mol. The highest BCUT2D eigenvalue weighted by Crippen LogP contribution is 2.39. The summed E-state index contributed by atoms with van der Waals surface area (Å²) in [5.41, 5.74) is 0. The lowest BCUT2D eigenvalue weighted by molar-refractivity contribution is -0.0364. The van der Waals surface area contributed by atoms with Gasteiger partial charge in [0.25, 0.3) is 0 Å². The highest BCUT2D eigenvalue weighted by atomic mass is 28.4. The van der Waals surface area contributed by atoms with Crippen molar-refractivity contribution in [1.82, 2.24) is 0 Å². The molecule has 0 aromatic carbocycles. The van der Waals surface area contributed by atoms with E-state index < -0.39 is 16.6 Å². The van der Waals surface area contributed by atoms with E-state index in [1.165, 1.54) is 0 Å². The molecule has 23 heavy (non-hydrogen) atoms. The maximum atomic E-state index is 6.57.